The Hall–Kier alpha value is -0.570. The van der Waals surface area contributed by atoms with Gasteiger partial charge in [0.2, 0.25) is 0 Å². The van der Waals surface area contributed by atoms with E-state index in [-0.39, 0.29) is 0 Å². The van der Waals surface area contributed by atoms with Crippen LogP contribution in [-0.4, -0.2) is 25.5 Å². The van der Waals surface area contributed by atoms with Gasteiger partial charge in [-0.15, -0.1) is 0 Å². The zero-order valence-electron chi connectivity index (χ0n) is 8.70. The van der Waals surface area contributed by atoms with Gasteiger partial charge in [-0.1, -0.05) is 23.7 Å². The molecule has 0 spiro atoms. The van der Waals surface area contributed by atoms with Crippen LogP contribution in [0.2, 0.25) is 5.02 Å². The zero-order chi connectivity index (χ0) is 10.6. The minimum absolute atomic E-state index is 0.360. The van der Waals surface area contributed by atoms with Crippen molar-refractivity contribution in [1.29, 1.82) is 0 Å². The molecule has 78 valence electrons. The lowest BCUT2D eigenvalue weighted by Crippen LogP contribution is -2.22. The Labute approximate surface area is 90.7 Å². The quantitative estimate of drug-likeness (QED) is 0.830. The van der Waals surface area contributed by atoms with Gasteiger partial charge in [-0.2, -0.15) is 0 Å². The first-order chi connectivity index (χ1) is 6.65. The van der Waals surface area contributed by atoms with Gasteiger partial charge in [-0.25, -0.2) is 0 Å². The maximum atomic E-state index is 5.94. The van der Waals surface area contributed by atoms with Gasteiger partial charge in [0.25, 0.3) is 0 Å². The molecule has 0 aliphatic rings. The molecule has 14 heavy (non-hydrogen) atoms. The maximum Gasteiger partial charge on any atom is 0.0409 e. The molecule has 0 aromatic heterocycles. The van der Waals surface area contributed by atoms with Gasteiger partial charge in [0.15, 0.2) is 0 Å². The summed E-state index contributed by atoms with van der Waals surface area (Å²) in [5.74, 6) is 0. The van der Waals surface area contributed by atoms with E-state index in [4.69, 9.17) is 17.3 Å². The summed E-state index contributed by atoms with van der Waals surface area (Å²) in [6.45, 7) is 0.690. The molecule has 1 aromatic carbocycles. The van der Waals surface area contributed by atoms with Crippen LogP contribution in [0.15, 0.2) is 24.3 Å². The van der Waals surface area contributed by atoms with Crippen LogP contribution in [0.3, 0.4) is 0 Å². The number of benzene rings is 1. The molecule has 3 heteroatoms. The molecule has 0 aliphatic heterocycles. The first kappa shape index (κ1) is 11.5. The topological polar surface area (TPSA) is 29.3 Å². The van der Waals surface area contributed by atoms with Crippen molar-refractivity contribution in [2.45, 2.75) is 12.5 Å². The van der Waals surface area contributed by atoms with Gasteiger partial charge in [0, 0.05) is 11.1 Å². The first-order valence-corrected chi connectivity index (χ1v) is 5.15. The number of nitrogens with zero attached hydrogens (tertiary/aromatic N) is 1. The van der Waals surface area contributed by atoms with Crippen molar-refractivity contribution in [2.24, 2.45) is 5.73 Å². The van der Waals surface area contributed by atoms with Crippen LogP contribution >= 0.6 is 11.6 Å². The summed E-state index contributed by atoms with van der Waals surface area (Å²) in [6, 6.07) is 8.32. The summed E-state index contributed by atoms with van der Waals surface area (Å²) < 4.78 is 0. The van der Waals surface area contributed by atoms with E-state index in [2.05, 4.69) is 25.1 Å². The summed E-state index contributed by atoms with van der Waals surface area (Å²) in [5.41, 5.74) is 6.81. The number of rotatable bonds is 4. The van der Waals surface area contributed by atoms with Crippen molar-refractivity contribution >= 4 is 11.6 Å². The number of hydrogen-bond acceptors (Lipinski definition) is 2. The lowest BCUT2D eigenvalue weighted by molar-refractivity contribution is 0.287. The molecule has 1 atom stereocenters. The Bertz CT molecular complexity index is 286. The molecule has 0 bridgehead atoms. The molecule has 2 N–H and O–H groups in total. The second kappa shape index (κ2) is 5.35. The van der Waals surface area contributed by atoms with E-state index in [1.54, 1.807) is 0 Å². The normalized spacial score (nSPS) is 13.2. The second-order valence-electron chi connectivity index (χ2n) is 3.61. The van der Waals surface area contributed by atoms with Gasteiger partial charge in [-0.05, 0) is 44.8 Å². The van der Waals surface area contributed by atoms with Gasteiger partial charge in [0.1, 0.15) is 0 Å². The predicted molar refractivity (Wildman–Crippen MR) is 61.6 cm³/mol. The molecule has 0 amide bonds. The highest BCUT2D eigenvalue weighted by atomic mass is 35.5. The smallest absolute Gasteiger partial charge is 0.0409 e. The number of nitrogens with two attached hydrogens (primary N) is 1. The Morgan fingerprint density at radius 3 is 2.64 bits per heavy atom. The lowest BCUT2D eigenvalue weighted by atomic mass is 10.0. The highest BCUT2D eigenvalue weighted by Crippen LogP contribution is 2.23. The van der Waals surface area contributed by atoms with Gasteiger partial charge < -0.3 is 10.6 Å². The summed E-state index contributed by atoms with van der Waals surface area (Å²) in [7, 11) is 4.11. The Morgan fingerprint density at radius 2 is 2.14 bits per heavy atom. The molecule has 0 heterocycles. The van der Waals surface area contributed by atoms with Crippen molar-refractivity contribution in [1.82, 2.24) is 4.90 Å². The molecule has 1 rings (SSSR count). The minimum atomic E-state index is 0.360. The Balaban J connectivity index is 2.87. The minimum Gasteiger partial charge on any atom is -0.330 e. The number of hydrogen-bond donors (Lipinski definition) is 1. The van der Waals surface area contributed by atoms with E-state index in [9.17, 15) is 0 Å². The first-order valence-electron chi connectivity index (χ1n) is 4.77. The molecule has 1 unspecified atom stereocenters. The summed E-state index contributed by atoms with van der Waals surface area (Å²) in [5, 5.41) is 0.784. The van der Waals surface area contributed by atoms with Crippen molar-refractivity contribution in [3.05, 3.63) is 34.9 Å². The largest absolute Gasteiger partial charge is 0.330 e. The fraction of sp³-hybridized carbons (Fsp3) is 0.455. The van der Waals surface area contributed by atoms with Crippen LogP contribution in [0.5, 0.6) is 0 Å². The van der Waals surface area contributed by atoms with Crippen LogP contribution in [-0.2, 0) is 0 Å². The van der Waals surface area contributed by atoms with Crippen LogP contribution in [0.25, 0.3) is 0 Å². The van der Waals surface area contributed by atoms with E-state index in [0.717, 1.165) is 11.4 Å². The Kier molecular flexibility index (Phi) is 4.39. The summed E-state index contributed by atoms with van der Waals surface area (Å²) in [6.07, 6.45) is 0.952. The molecule has 0 radical (unpaired) electrons. The fourth-order valence-corrected chi connectivity index (χ4v) is 1.79. The van der Waals surface area contributed by atoms with Crippen molar-refractivity contribution in [3.8, 4) is 0 Å². The second-order valence-corrected chi connectivity index (χ2v) is 4.05. The van der Waals surface area contributed by atoms with E-state index in [0.29, 0.717) is 12.6 Å². The molecule has 0 saturated carbocycles. The summed E-state index contributed by atoms with van der Waals surface area (Å²) >= 11 is 5.94. The standard InChI is InChI=1S/C11H17ClN2/c1-14(2)11(6-7-13)9-4-3-5-10(12)8-9/h3-5,8,11H,6-7,13H2,1-2H3. The lowest BCUT2D eigenvalue weighted by Gasteiger charge is -2.24. The highest BCUT2D eigenvalue weighted by Gasteiger charge is 2.12. The molecular formula is C11H17ClN2. The SMILES string of the molecule is CN(C)C(CCN)c1cccc(Cl)c1. The zero-order valence-corrected chi connectivity index (χ0v) is 9.46. The fourth-order valence-electron chi connectivity index (χ4n) is 1.59. The van der Waals surface area contributed by atoms with Crippen LogP contribution in [0.4, 0.5) is 0 Å². The number of halogens is 1. The van der Waals surface area contributed by atoms with Crippen LogP contribution in [0.1, 0.15) is 18.0 Å². The third kappa shape index (κ3) is 2.98. The van der Waals surface area contributed by atoms with Crippen LogP contribution < -0.4 is 5.73 Å². The monoisotopic (exact) mass is 212 g/mol. The third-order valence-electron chi connectivity index (χ3n) is 2.30. The van der Waals surface area contributed by atoms with E-state index in [1.807, 2.05) is 18.2 Å². The van der Waals surface area contributed by atoms with Gasteiger partial charge >= 0.3 is 0 Å². The Morgan fingerprint density at radius 1 is 1.43 bits per heavy atom. The average molecular weight is 213 g/mol. The van der Waals surface area contributed by atoms with E-state index < -0.39 is 0 Å². The maximum absolute atomic E-state index is 5.94. The van der Waals surface area contributed by atoms with Crippen molar-refractivity contribution < 1.29 is 0 Å². The predicted octanol–water partition coefficient (Wildman–Crippen LogP) is 2.29. The van der Waals surface area contributed by atoms with Gasteiger partial charge in [-0.3, -0.25) is 0 Å². The molecule has 1 aromatic rings. The van der Waals surface area contributed by atoms with Crippen LogP contribution in [0, 0.1) is 0 Å². The average Bonchev–Trinajstić information content (AvgIpc) is 2.13. The van der Waals surface area contributed by atoms with Crippen molar-refractivity contribution in [2.75, 3.05) is 20.6 Å². The highest BCUT2D eigenvalue weighted by molar-refractivity contribution is 6.30. The summed E-state index contributed by atoms with van der Waals surface area (Å²) in [4.78, 5) is 2.17. The third-order valence-corrected chi connectivity index (χ3v) is 2.53. The molecular weight excluding hydrogens is 196 g/mol. The van der Waals surface area contributed by atoms with E-state index in [1.165, 1.54) is 5.56 Å². The van der Waals surface area contributed by atoms with Gasteiger partial charge in [0.05, 0.1) is 0 Å². The molecule has 2 nitrogen and oxygen atoms in total. The van der Waals surface area contributed by atoms with E-state index >= 15 is 0 Å². The molecule has 0 aliphatic carbocycles. The molecule has 0 saturated heterocycles. The van der Waals surface area contributed by atoms with Crippen molar-refractivity contribution in [3.63, 3.8) is 0 Å². The molecule has 0 fully saturated rings.